The highest BCUT2D eigenvalue weighted by molar-refractivity contribution is 7.12. The maximum Gasteiger partial charge on any atom is 0.416 e. The predicted octanol–water partition coefficient (Wildman–Crippen LogP) is 3.55. The van der Waals surface area contributed by atoms with Gasteiger partial charge >= 0.3 is 12.1 Å². The van der Waals surface area contributed by atoms with Crippen LogP contribution in [-0.4, -0.2) is 18.5 Å². The van der Waals surface area contributed by atoms with E-state index in [1.165, 1.54) is 29.5 Å². The van der Waals surface area contributed by atoms with Crippen molar-refractivity contribution in [2.45, 2.75) is 19.6 Å². The normalized spacial score (nSPS) is 11.2. The third-order valence-corrected chi connectivity index (χ3v) is 4.18. The number of esters is 1. The van der Waals surface area contributed by atoms with Gasteiger partial charge < -0.3 is 10.1 Å². The Morgan fingerprint density at radius 2 is 1.92 bits per heavy atom. The van der Waals surface area contributed by atoms with Gasteiger partial charge in [0.1, 0.15) is 4.88 Å². The van der Waals surface area contributed by atoms with E-state index in [9.17, 15) is 22.8 Å². The fraction of sp³-hybridized carbons (Fsp3) is 0.250. The van der Waals surface area contributed by atoms with Crippen molar-refractivity contribution >= 4 is 23.2 Å². The van der Waals surface area contributed by atoms with Gasteiger partial charge in [-0.15, -0.1) is 11.3 Å². The number of benzene rings is 1. The second-order valence-electron chi connectivity index (χ2n) is 4.94. The number of aryl methyl sites for hydroxylation is 1. The predicted molar refractivity (Wildman–Crippen MR) is 82.6 cm³/mol. The van der Waals surface area contributed by atoms with Crippen LogP contribution in [0.3, 0.4) is 0 Å². The van der Waals surface area contributed by atoms with E-state index in [4.69, 9.17) is 4.74 Å². The number of nitrogens with one attached hydrogen (secondary N) is 1. The molecule has 1 amide bonds. The summed E-state index contributed by atoms with van der Waals surface area (Å²) in [5.41, 5.74) is -0.125. The van der Waals surface area contributed by atoms with E-state index in [0.717, 1.165) is 11.6 Å². The molecule has 0 aliphatic heterocycles. The standard InChI is InChI=1S/C16H14F3NO3S/c1-10-6-7-24-14(10)15(22)23-9-13(21)20-8-11-4-2-3-5-12(11)16(17,18)19/h2-7H,8-9H2,1H3,(H,20,21). The number of thiophene rings is 1. The first-order valence-electron chi connectivity index (χ1n) is 6.92. The molecule has 0 spiro atoms. The number of rotatable bonds is 5. The van der Waals surface area contributed by atoms with Crippen LogP contribution in [0.15, 0.2) is 35.7 Å². The molecular weight excluding hydrogens is 343 g/mol. The minimum atomic E-state index is -4.50. The Balaban J connectivity index is 1.88. The summed E-state index contributed by atoms with van der Waals surface area (Å²) in [5, 5.41) is 4.04. The number of hydrogen-bond acceptors (Lipinski definition) is 4. The molecule has 0 fully saturated rings. The molecule has 0 radical (unpaired) electrons. The second-order valence-corrected chi connectivity index (χ2v) is 5.86. The Morgan fingerprint density at radius 3 is 2.54 bits per heavy atom. The van der Waals surface area contributed by atoms with Gasteiger partial charge in [0, 0.05) is 6.54 Å². The maximum atomic E-state index is 12.8. The number of alkyl halides is 3. The lowest BCUT2D eigenvalue weighted by Crippen LogP contribution is -2.29. The Bertz CT molecular complexity index is 740. The maximum absolute atomic E-state index is 12.8. The lowest BCUT2D eigenvalue weighted by molar-refractivity contribution is -0.138. The lowest BCUT2D eigenvalue weighted by Gasteiger charge is -2.13. The van der Waals surface area contributed by atoms with Crippen molar-refractivity contribution in [3.05, 3.63) is 57.3 Å². The van der Waals surface area contributed by atoms with Crippen LogP contribution in [0.25, 0.3) is 0 Å². The molecule has 1 aromatic heterocycles. The van der Waals surface area contributed by atoms with Crippen LogP contribution in [-0.2, 0) is 22.3 Å². The minimum Gasteiger partial charge on any atom is -0.451 e. The summed E-state index contributed by atoms with van der Waals surface area (Å²) >= 11 is 1.19. The van der Waals surface area contributed by atoms with Crippen molar-refractivity contribution in [2.24, 2.45) is 0 Å². The molecule has 0 atom stereocenters. The Kier molecular flexibility index (Phi) is 5.61. The molecule has 0 unspecified atom stereocenters. The molecule has 0 bridgehead atoms. The van der Waals surface area contributed by atoms with E-state index < -0.39 is 30.2 Å². The zero-order chi connectivity index (χ0) is 17.7. The Morgan fingerprint density at radius 1 is 1.21 bits per heavy atom. The number of carbonyl (C=O) groups is 2. The fourth-order valence-corrected chi connectivity index (χ4v) is 2.79. The van der Waals surface area contributed by atoms with Crippen molar-refractivity contribution in [3.8, 4) is 0 Å². The Labute approximate surface area is 140 Å². The first-order valence-corrected chi connectivity index (χ1v) is 7.80. The van der Waals surface area contributed by atoms with Crippen LogP contribution in [0.2, 0.25) is 0 Å². The quantitative estimate of drug-likeness (QED) is 0.833. The Hall–Kier alpha value is -2.35. The van der Waals surface area contributed by atoms with Gasteiger partial charge in [-0.2, -0.15) is 13.2 Å². The number of ether oxygens (including phenoxy) is 1. The lowest BCUT2D eigenvalue weighted by atomic mass is 10.1. The van der Waals surface area contributed by atoms with Gasteiger partial charge in [0.2, 0.25) is 0 Å². The average Bonchev–Trinajstić information content (AvgIpc) is 2.96. The van der Waals surface area contributed by atoms with E-state index >= 15 is 0 Å². The van der Waals surface area contributed by atoms with Gasteiger partial charge in [0.15, 0.2) is 6.61 Å². The second kappa shape index (κ2) is 7.48. The topological polar surface area (TPSA) is 55.4 Å². The molecule has 128 valence electrons. The molecule has 8 heteroatoms. The number of carbonyl (C=O) groups excluding carboxylic acids is 2. The van der Waals surface area contributed by atoms with Gasteiger partial charge in [-0.3, -0.25) is 4.79 Å². The fourth-order valence-electron chi connectivity index (χ4n) is 1.97. The highest BCUT2D eigenvalue weighted by Gasteiger charge is 2.32. The van der Waals surface area contributed by atoms with E-state index in [1.54, 1.807) is 18.4 Å². The molecule has 0 aliphatic rings. The molecule has 0 saturated heterocycles. The van der Waals surface area contributed by atoms with Gasteiger partial charge in [0.25, 0.3) is 5.91 Å². The summed E-state index contributed by atoms with van der Waals surface area (Å²) < 4.78 is 43.4. The zero-order valence-electron chi connectivity index (χ0n) is 12.6. The van der Waals surface area contributed by atoms with Crippen LogP contribution < -0.4 is 5.32 Å². The van der Waals surface area contributed by atoms with E-state index in [2.05, 4.69) is 5.32 Å². The molecular formula is C16H14F3NO3S. The van der Waals surface area contributed by atoms with E-state index in [1.807, 2.05) is 0 Å². The van der Waals surface area contributed by atoms with Crippen LogP contribution in [0.4, 0.5) is 13.2 Å². The van der Waals surface area contributed by atoms with Crippen LogP contribution in [0.5, 0.6) is 0 Å². The molecule has 24 heavy (non-hydrogen) atoms. The van der Waals surface area contributed by atoms with Crippen molar-refractivity contribution in [1.29, 1.82) is 0 Å². The molecule has 2 aromatic rings. The molecule has 0 saturated carbocycles. The van der Waals surface area contributed by atoms with Crippen LogP contribution in [0, 0.1) is 6.92 Å². The largest absolute Gasteiger partial charge is 0.451 e. The van der Waals surface area contributed by atoms with Crippen LogP contribution in [0.1, 0.15) is 26.4 Å². The number of halogens is 3. The van der Waals surface area contributed by atoms with Gasteiger partial charge in [0.05, 0.1) is 5.56 Å². The van der Waals surface area contributed by atoms with Crippen molar-refractivity contribution in [3.63, 3.8) is 0 Å². The van der Waals surface area contributed by atoms with Gasteiger partial charge in [-0.1, -0.05) is 18.2 Å². The smallest absolute Gasteiger partial charge is 0.416 e. The first kappa shape index (κ1) is 18.0. The van der Waals surface area contributed by atoms with Crippen molar-refractivity contribution < 1.29 is 27.5 Å². The minimum absolute atomic E-state index is 0.0567. The molecule has 1 aromatic carbocycles. The van der Waals surface area contributed by atoms with Crippen molar-refractivity contribution in [1.82, 2.24) is 5.32 Å². The van der Waals surface area contributed by atoms with Gasteiger partial charge in [-0.25, -0.2) is 4.79 Å². The third-order valence-electron chi connectivity index (χ3n) is 3.18. The average molecular weight is 357 g/mol. The molecule has 2 rings (SSSR count). The number of hydrogen-bond donors (Lipinski definition) is 1. The molecule has 0 aliphatic carbocycles. The highest BCUT2D eigenvalue weighted by atomic mass is 32.1. The molecule has 4 nitrogen and oxygen atoms in total. The first-order chi connectivity index (χ1) is 11.3. The summed E-state index contributed by atoms with van der Waals surface area (Å²) in [6, 6.07) is 6.70. The van der Waals surface area contributed by atoms with Crippen LogP contribution >= 0.6 is 11.3 Å². The van der Waals surface area contributed by atoms with E-state index in [-0.39, 0.29) is 12.1 Å². The highest BCUT2D eigenvalue weighted by Crippen LogP contribution is 2.31. The number of amides is 1. The zero-order valence-corrected chi connectivity index (χ0v) is 13.5. The molecule has 1 N–H and O–H groups in total. The van der Waals surface area contributed by atoms with Crippen molar-refractivity contribution in [2.75, 3.05) is 6.61 Å². The van der Waals surface area contributed by atoms with E-state index in [0.29, 0.717) is 4.88 Å². The SMILES string of the molecule is Cc1ccsc1C(=O)OCC(=O)NCc1ccccc1C(F)(F)F. The summed E-state index contributed by atoms with van der Waals surface area (Å²) in [6.45, 7) is 0.885. The summed E-state index contributed by atoms with van der Waals surface area (Å²) in [7, 11) is 0. The summed E-state index contributed by atoms with van der Waals surface area (Å²) in [4.78, 5) is 23.8. The molecule has 1 heterocycles. The monoisotopic (exact) mass is 357 g/mol. The summed E-state index contributed by atoms with van der Waals surface area (Å²) in [6.07, 6.45) is -4.50. The van der Waals surface area contributed by atoms with Gasteiger partial charge in [-0.05, 0) is 35.6 Å². The third kappa shape index (κ3) is 4.58. The summed E-state index contributed by atoms with van der Waals surface area (Å²) in [5.74, 6) is -1.30.